The molecular formula is C10H14O. The minimum Gasteiger partial charge on any atom is -0.366 e. The maximum absolute atomic E-state index is 5.94. The molecule has 60 valence electrons. The quantitative estimate of drug-likeness (QED) is 0.482. The van der Waals surface area contributed by atoms with Crippen LogP contribution in [0.5, 0.6) is 0 Å². The third-order valence-electron chi connectivity index (χ3n) is 3.34. The summed E-state index contributed by atoms with van der Waals surface area (Å²) in [5, 5.41) is 0. The van der Waals surface area contributed by atoms with Gasteiger partial charge >= 0.3 is 0 Å². The Hall–Kier alpha value is -0.300. The van der Waals surface area contributed by atoms with Gasteiger partial charge in [-0.3, -0.25) is 0 Å². The van der Waals surface area contributed by atoms with Crippen LogP contribution in [0.2, 0.25) is 0 Å². The number of fused-ring (bicyclic) bond motifs is 2. The molecule has 1 heteroatoms. The Morgan fingerprint density at radius 2 is 1.45 bits per heavy atom. The van der Waals surface area contributed by atoms with Crippen LogP contribution in [0, 0.1) is 0 Å². The van der Waals surface area contributed by atoms with Crippen LogP contribution < -0.4 is 0 Å². The van der Waals surface area contributed by atoms with Gasteiger partial charge in [-0.1, -0.05) is 0 Å². The Labute approximate surface area is 67.4 Å². The lowest BCUT2D eigenvalue weighted by Crippen LogP contribution is -2.09. The molecule has 0 aromatic heterocycles. The summed E-state index contributed by atoms with van der Waals surface area (Å²) in [7, 11) is 0. The molecule has 3 rings (SSSR count). The average Bonchev–Trinajstić information content (AvgIpc) is 2.52. The first kappa shape index (κ1) is 6.24. The number of rotatable bonds is 0. The largest absolute Gasteiger partial charge is 0.366 e. The summed E-state index contributed by atoms with van der Waals surface area (Å²) in [6.45, 7) is 0. The first-order valence-electron chi connectivity index (χ1n) is 4.82. The minimum absolute atomic E-state index is 0.565. The first-order valence-corrected chi connectivity index (χ1v) is 4.82. The number of hydrogen-bond acceptors (Lipinski definition) is 1. The summed E-state index contributed by atoms with van der Waals surface area (Å²) in [5.74, 6) is 0. The van der Waals surface area contributed by atoms with Crippen molar-refractivity contribution in [3.8, 4) is 0 Å². The van der Waals surface area contributed by atoms with E-state index in [-0.39, 0.29) is 0 Å². The normalized spacial score (nSPS) is 41.5. The third kappa shape index (κ3) is 0.750. The lowest BCUT2D eigenvalue weighted by atomic mass is 10.1. The van der Waals surface area contributed by atoms with Gasteiger partial charge in [-0.25, -0.2) is 0 Å². The molecule has 0 saturated heterocycles. The molecule has 0 aromatic carbocycles. The van der Waals surface area contributed by atoms with Crippen molar-refractivity contribution in [1.82, 2.24) is 0 Å². The van der Waals surface area contributed by atoms with Crippen molar-refractivity contribution in [3.05, 3.63) is 11.1 Å². The van der Waals surface area contributed by atoms with Crippen LogP contribution in [0.15, 0.2) is 11.1 Å². The molecule has 0 bridgehead atoms. The SMILES string of the molecule is C1CC2=C3CCCC3OC2C1. The lowest BCUT2D eigenvalue weighted by molar-refractivity contribution is 0.0568. The Kier molecular flexibility index (Phi) is 1.19. The van der Waals surface area contributed by atoms with Crippen LogP contribution in [-0.4, -0.2) is 12.2 Å². The molecule has 0 spiro atoms. The minimum atomic E-state index is 0.565. The van der Waals surface area contributed by atoms with E-state index >= 15 is 0 Å². The second-order valence-corrected chi connectivity index (χ2v) is 3.95. The predicted octanol–water partition coefficient (Wildman–Crippen LogP) is 2.42. The van der Waals surface area contributed by atoms with E-state index in [0.717, 1.165) is 0 Å². The molecule has 1 heterocycles. The van der Waals surface area contributed by atoms with E-state index in [4.69, 9.17) is 4.74 Å². The number of ether oxygens (including phenoxy) is 1. The average molecular weight is 150 g/mol. The van der Waals surface area contributed by atoms with E-state index in [9.17, 15) is 0 Å². The zero-order chi connectivity index (χ0) is 7.26. The molecule has 0 radical (unpaired) electrons. The first-order chi connectivity index (χ1) is 5.45. The van der Waals surface area contributed by atoms with Crippen LogP contribution in [0.4, 0.5) is 0 Å². The van der Waals surface area contributed by atoms with Gasteiger partial charge in [-0.2, -0.15) is 0 Å². The van der Waals surface area contributed by atoms with Crippen molar-refractivity contribution in [2.24, 2.45) is 0 Å². The molecule has 2 fully saturated rings. The van der Waals surface area contributed by atoms with E-state index in [2.05, 4.69) is 0 Å². The topological polar surface area (TPSA) is 9.23 Å². The van der Waals surface area contributed by atoms with Crippen LogP contribution in [0.3, 0.4) is 0 Å². The second-order valence-electron chi connectivity index (χ2n) is 3.95. The van der Waals surface area contributed by atoms with Gasteiger partial charge in [-0.15, -0.1) is 0 Å². The van der Waals surface area contributed by atoms with Crippen molar-refractivity contribution in [3.63, 3.8) is 0 Å². The molecule has 0 amide bonds. The Morgan fingerprint density at radius 3 is 2.00 bits per heavy atom. The molecule has 2 unspecified atom stereocenters. The maximum atomic E-state index is 5.94. The van der Waals surface area contributed by atoms with Crippen molar-refractivity contribution >= 4 is 0 Å². The number of hydrogen-bond donors (Lipinski definition) is 0. The van der Waals surface area contributed by atoms with Gasteiger partial charge in [0.1, 0.15) is 0 Å². The Balaban J connectivity index is 2.01. The summed E-state index contributed by atoms with van der Waals surface area (Å²) in [4.78, 5) is 0. The summed E-state index contributed by atoms with van der Waals surface area (Å²) in [6, 6.07) is 0. The van der Waals surface area contributed by atoms with Gasteiger partial charge in [0.25, 0.3) is 0 Å². The highest BCUT2D eigenvalue weighted by atomic mass is 16.5. The van der Waals surface area contributed by atoms with Gasteiger partial charge in [0.05, 0.1) is 12.2 Å². The van der Waals surface area contributed by atoms with Crippen LogP contribution in [-0.2, 0) is 4.74 Å². The maximum Gasteiger partial charge on any atom is 0.0796 e. The molecule has 2 aliphatic carbocycles. The highest BCUT2D eigenvalue weighted by Crippen LogP contribution is 2.45. The molecule has 1 nitrogen and oxygen atoms in total. The van der Waals surface area contributed by atoms with Crippen molar-refractivity contribution in [2.45, 2.75) is 50.7 Å². The fourth-order valence-corrected chi connectivity index (χ4v) is 2.86. The molecule has 0 aromatic rings. The smallest absolute Gasteiger partial charge is 0.0796 e. The standard InChI is InChI=1S/C10H14O/c1-3-7-8-4-2-6-10(8)11-9(7)5-1/h9-10H,1-6H2. The van der Waals surface area contributed by atoms with E-state index in [0.29, 0.717) is 12.2 Å². The van der Waals surface area contributed by atoms with Crippen molar-refractivity contribution in [2.75, 3.05) is 0 Å². The summed E-state index contributed by atoms with van der Waals surface area (Å²) in [6.07, 6.45) is 9.16. The molecule has 0 N–H and O–H groups in total. The van der Waals surface area contributed by atoms with Gasteiger partial charge in [0.2, 0.25) is 0 Å². The highest BCUT2D eigenvalue weighted by Gasteiger charge is 2.38. The summed E-state index contributed by atoms with van der Waals surface area (Å²) in [5.41, 5.74) is 3.40. The summed E-state index contributed by atoms with van der Waals surface area (Å²) < 4.78 is 5.94. The summed E-state index contributed by atoms with van der Waals surface area (Å²) >= 11 is 0. The second kappa shape index (κ2) is 2.10. The van der Waals surface area contributed by atoms with E-state index < -0.39 is 0 Å². The Bertz CT molecular complexity index is 195. The zero-order valence-corrected chi connectivity index (χ0v) is 6.81. The molecular weight excluding hydrogens is 136 g/mol. The predicted molar refractivity (Wildman–Crippen MR) is 43.4 cm³/mol. The van der Waals surface area contributed by atoms with E-state index in [1.807, 2.05) is 0 Å². The molecule has 2 atom stereocenters. The van der Waals surface area contributed by atoms with Gasteiger partial charge in [0.15, 0.2) is 0 Å². The van der Waals surface area contributed by atoms with E-state index in [1.54, 1.807) is 11.1 Å². The third-order valence-corrected chi connectivity index (χ3v) is 3.34. The van der Waals surface area contributed by atoms with Crippen LogP contribution in [0.1, 0.15) is 38.5 Å². The van der Waals surface area contributed by atoms with Gasteiger partial charge < -0.3 is 4.74 Å². The van der Waals surface area contributed by atoms with Crippen LogP contribution in [0.25, 0.3) is 0 Å². The zero-order valence-electron chi connectivity index (χ0n) is 6.81. The molecule has 2 saturated carbocycles. The van der Waals surface area contributed by atoms with Crippen molar-refractivity contribution in [1.29, 1.82) is 0 Å². The van der Waals surface area contributed by atoms with Gasteiger partial charge in [-0.05, 0) is 49.7 Å². The van der Waals surface area contributed by atoms with E-state index in [1.165, 1.54) is 38.5 Å². The molecule has 3 aliphatic rings. The highest BCUT2D eigenvalue weighted by molar-refractivity contribution is 5.31. The molecule has 1 aliphatic heterocycles. The Morgan fingerprint density at radius 1 is 0.909 bits per heavy atom. The molecule has 11 heavy (non-hydrogen) atoms. The fourth-order valence-electron chi connectivity index (χ4n) is 2.86. The fraction of sp³-hybridized carbons (Fsp3) is 0.800. The lowest BCUT2D eigenvalue weighted by Gasteiger charge is -2.08. The van der Waals surface area contributed by atoms with Crippen LogP contribution >= 0.6 is 0 Å². The monoisotopic (exact) mass is 150 g/mol. The van der Waals surface area contributed by atoms with Gasteiger partial charge in [0, 0.05) is 0 Å². The van der Waals surface area contributed by atoms with Crippen molar-refractivity contribution < 1.29 is 4.74 Å².